The molecule has 0 saturated heterocycles. The van der Waals surface area contributed by atoms with Crippen LogP contribution in [0.2, 0.25) is 0 Å². The van der Waals surface area contributed by atoms with Crippen LogP contribution in [-0.2, 0) is 43.4 Å². The van der Waals surface area contributed by atoms with Gasteiger partial charge in [-0.3, -0.25) is 0 Å². The molecule has 0 fully saturated rings. The van der Waals surface area contributed by atoms with Crippen molar-refractivity contribution in [1.82, 2.24) is 0 Å². The SMILES string of the molecule is O=[Si]([O-])[O-].[F-].[Zn+2].[Zn+2]. The Morgan fingerprint density at radius 3 is 1.14 bits per heavy atom. The molecule has 0 heterocycles. The minimum absolute atomic E-state index is 0. The summed E-state index contributed by atoms with van der Waals surface area (Å²) in [6.45, 7) is 0. The summed E-state index contributed by atoms with van der Waals surface area (Å²) in [7, 11) is -3.63. The van der Waals surface area contributed by atoms with Crippen LogP contribution in [0.15, 0.2) is 0 Å². The third-order valence-corrected chi connectivity index (χ3v) is 0. The van der Waals surface area contributed by atoms with Crippen LogP contribution in [0.25, 0.3) is 0 Å². The minimum atomic E-state index is -3.63. The van der Waals surface area contributed by atoms with Gasteiger partial charge in [0.15, 0.2) is 0 Å². The second-order valence-electron chi connectivity index (χ2n) is 0.250. The molecule has 0 bridgehead atoms. The van der Waals surface area contributed by atoms with Gasteiger partial charge in [0.2, 0.25) is 0 Å². The van der Waals surface area contributed by atoms with E-state index in [0.29, 0.717) is 0 Å². The Balaban J connectivity index is -0.0000000150. The van der Waals surface area contributed by atoms with Gasteiger partial charge in [0.05, 0.1) is 0 Å². The van der Waals surface area contributed by atoms with Crippen molar-refractivity contribution in [3.05, 3.63) is 0 Å². The van der Waals surface area contributed by atoms with Crippen LogP contribution in [0.4, 0.5) is 0 Å². The molecule has 0 saturated carbocycles. The summed E-state index contributed by atoms with van der Waals surface area (Å²) in [6.07, 6.45) is 0. The summed E-state index contributed by atoms with van der Waals surface area (Å²) in [4.78, 5) is 17.0. The molecule has 0 rings (SSSR count). The van der Waals surface area contributed by atoms with Crippen LogP contribution in [-0.4, -0.2) is 9.17 Å². The molecular formula is FO3SiZn2+. The van der Waals surface area contributed by atoms with Crippen LogP contribution in [0.3, 0.4) is 0 Å². The summed E-state index contributed by atoms with van der Waals surface area (Å²) in [5.41, 5.74) is 0. The largest absolute Gasteiger partial charge is 2.00 e. The Hall–Kier alpha value is 0.794. The minimum Gasteiger partial charge on any atom is -1.00 e. The van der Waals surface area contributed by atoms with E-state index >= 15 is 0 Å². The fourth-order valence-corrected chi connectivity index (χ4v) is 0. The van der Waals surface area contributed by atoms with Gasteiger partial charge in [-0.05, 0) is 0 Å². The van der Waals surface area contributed by atoms with Gasteiger partial charge in [-0.25, -0.2) is 0 Å². The van der Waals surface area contributed by atoms with Gasteiger partial charge in [-0.15, -0.1) is 0 Å². The Morgan fingerprint density at radius 1 is 1.14 bits per heavy atom. The first-order valence-electron chi connectivity index (χ1n) is 0.612. The molecule has 0 N–H and O–H groups in total. The van der Waals surface area contributed by atoms with Crippen LogP contribution in [0.1, 0.15) is 0 Å². The number of halogens is 1. The van der Waals surface area contributed by atoms with Crippen molar-refractivity contribution >= 4 is 9.17 Å². The monoisotopic (exact) mass is 223 g/mol. The van der Waals surface area contributed by atoms with Crippen molar-refractivity contribution in [1.29, 1.82) is 0 Å². The van der Waals surface area contributed by atoms with E-state index in [1.54, 1.807) is 0 Å². The third-order valence-electron chi connectivity index (χ3n) is 0. The molecule has 0 radical (unpaired) electrons. The molecule has 0 aromatic carbocycles. The summed E-state index contributed by atoms with van der Waals surface area (Å²) in [6, 6.07) is 0. The van der Waals surface area contributed by atoms with Crippen molar-refractivity contribution in [2.75, 3.05) is 0 Å². The zero-order valence-corrected chi connectivity index (χ0v) is 10.5. The van der Waals surface area contributed by atoms with Crippen LogP contribution in [0, 0.1) is 0 Å². The standard InChI is InChI=1S/FH.O3Si.2Zn/c;1-4(2)3;;/h1H;;;/q;-2;2*+2/p-1. The molecule has 32 valence electrons. The maximum atomic E-state index is 8.52. The van der Waals surface area contributed by atoms with Gasteiger partial charge in [0.25, 0.3) is 0 Å². The van der Waals surface area contributed by atoms with Gasteiger partial charge in [0, 0.05) is 9.17 Å². The zero-order chi connectivity index (χ0) is 3.58. The molecule has 0 aliphatic carbocycles. The van der Waals surface area contributed by atoms with Gasteiger partial charge in [-0.2, -0.15) is 0 Å². The van der Waals surface area contributed by atoms with Crippen molar-refractivity contribution in [2.45, 2.75) is 0 Å². The molecule has 0 aromatic rings. The molecule has 7 heteroatoms. The smallest absolute Gasteiger partial charge is 1.00 e. The Morgan fingerprint density at radius 2 is 1.14 bits per heavy atom. The van der Waals surface area contributed by atoms with Crippen LogP contribution >= 0.6 is 0 Å². The number of hydrogen-bond donors (Lipinski definition) is 0. The third kappa shape index (κ3) is 248. The van der Waals surface area contributed by atoms with E-state index in [9.17, 15) is 0 Å². The van der Waals surface area contributed by atoms with E-state index in [1.807, 2.05) is 0 Å². The van der Waals surface area contributed by atoms with Gasteiger partial charge in [-0.1, -0.05) is 0 Å². The normalized spacial score (nSPS) is 3.43. The van der Waals surface area contributed by atoms with Crippen molar-refractivity contribution in [3.63, 3.8) is 0 Å². The van der Waals surface area contributed by atoms with Gasteiger partial charge in [0.1, 0.15) is 0 Å². The van der Waals surface area contributed by atoms with E-state index in [2.05, 4.69) is 0 Å². The average Bonchev–Trinajstić information content (AvgIpc) is 0.811. The first kappa shape index (κ1) is 25.0. The first-order valence-corrected chi connectivity index (χ1v) is 1.84. The van der Waals surface area contributed by atoms with E-state index in [0.717, 1.165) is 0 Å². The van der Waals surface area contributed by atoms with Gasteiger partial charge >= 0.3 is 39.0 Å². The summed E-state index contributed by atoms with van der Waals surface area (Å²) in [5, 5.41) is 0. The Labute approximate surface area is 66.9 Å². The zero-order valence-electron chi connectivity index (χ0n) is 3.52. The average molecular weight is 226 g/mol. The van der Waals surface area contributed by atoms with Crippen molar-refractivity contribution in [3.8, 4) is 0 Å². The molecule has 0 spiro atoms. The first-order chi connectivity index (χ1) is 1.73. The molecule has 0 aromatic heterocycles. The second-order valence-corrected chi connectivity index (χ2v) is 0.750. The van der Waals surface area contributed by atoms with Crippen molar-refractivity contribution in [2.24, 2.45) is 0 Å². The fraction of sp³-hybridized carbons (Fsp3) is 0. The topological polar surface area (TPSA) is 63.2 Å². The maximum Gasteiger partial charge on any atom is 2.00 e. The van der Waals surface area contributed by atoms with E-state index < -0.39 is 9.17 Å². The van der Waals surface area contributed by atoms with Gasteiger partial charge < -0.3 is 18.8 Å². The maximum absolute atomic E-state index is 8.52. The molecule has 0 amide bonds. The molecular weight excluding hydrogens is 226 g/mol. The molecule has 0 atom stereocenters. The number of rotatable bonds is 0. The molecule has 3 nitrogen and oxygen atoms in total. The predicted octanol–water partition coefficient (Wildman–Crippen LogP) is -5.88. The van der Waals surface area contributed by atoms with E-state index in [4.69, 9.17) is 14.1 Å². The summed E-state index contributed by atoms with van der Waals surface area (Å²) >= 11 is 0. The quantitative estimate of drug-likeness (QED) is 0.386. The number of hydrogen-bond acceptors (Lipinski definition) is 3. The van der Waals surface area contributed by atoms with E-state index in [1.165, 1.54) is 0 Å². The summed E-state index contributed by atoms with van der Waals surface area (Å²) in [5.74, 6) is 0. The van der Waals surface area contributed by atoms with Crippen LogP contribution < -0.4 is 14.3 Å². The van der Waals surface area contributed by atoms with Crippen LogP contribution in [0.5, 0.6) is 0 Å². The van der Waals surface area contributed by atoms with E-state index in [-0.39, 0.29) is 43.7 Å². The Kier molecular flexibility index (Phi) is 56.6. The second kappa shape index (κ2) is 15.8. The predicted molar refractivity (Wildman–Crippen MR) is 6.44 cm³/mol. The summed E-state index contributed by atoms with van der Waals surface area (Å²) < 4.78 is 8.52. The fourth-order valence-electron chi connectivity index (χ4n) is 0. The molecule has 0 aliphatic heterocycles. The van der Waals surface area contributed by atoms with Crippen molar-refractivity contribution < 1.29 is 57.7 Å². The molecule has 0 unspecified atom stereocenters. The molecule has 0 aliphatic rings. The Bertz CT molecular complexity index is 35.9. The molecule has 7 heavy (non-hydrogen) atoms.